The summed E-state index contributed by atoms with van der Waals surface area (Å²) in [4.78, 5) is 10.8. The predicted molar refractivity (Wildman–Crippen MR) is 38.3 cm³/mol. The minimum absolute atomic E-state index is 0.0571. The molecule has 0 rings (SSSR count). The lowest BCUT2D eigenvalue weighted by Crippen LogP contribution is -2.43. The van der Waals surface area contributed by atoms with Crippen molar-refractivity contribution >= 4 is 5.91 Å². The van der Waals surface area contributed by atoms with Crippen molar-refractivity contribution in [3.05, 3.63) is 0 Å². The summed E-state index contributed by atoms with van der Waals surface area (Å²) in [7, 11) is 0. The molecule has 0 aromatic carbocycles. The molecule has 0 aromatic rings. The fraction of sp³-hybridized carbons (Fsp3) is 0.833. The molecule has 0 aliphatic rings. The van der Waals surface area contributed by atoms with Gasteiger partial charge in [0, 0.05) is 6.04 Å². The Morgan fingerprint density at radius 3 is 2.50 bits per heavy atom. The molecular weight excluding hydrogens is 132 g/mol. The molecule has 0 spiro atoms. The van der Waals surface area contributed by atoms with Crippen molar-refractivity contribution in [1.82, 2.24) is 5.32 Å². The number of carbonyl (C=O) groups is 1. The number of amides is 1. The van der Waals surface area contributed by atoms with Gasteiger partial charge in [-0.25, -0.2) is 0 Å². The highest BCUT2D eigenvalue weighted by atomic mass is 16.3. The number of nitrogens with two attached hydrogens (primary N) is 1. The maximum absolute atomic E-state index is 10.8. The molecule has 0 fully saturated rings. The molecule has 2 atom stereocenters. The molecule has 60 valence electrons. The van der Waals surface area contributed by atoms with Gasteiger partial charge in [0.25, 0.3) is 0 Å². The Labute approximate surface area is 60.4 Å². The third-order valence-corrected chi connectivity index (χ3v) is 1.08. The first-order chi connectivity index (χ1) is 4.57. The second-order valence-electron chi connectivity index (χ2n) is 2.38. The van der Waals surface area contributed by atoms with Crippen molar-refractivity contribution in [3.8, 4) is 0 Å². The molecule has 0 aliphatic carbocycles. The van der Waals surface area contributed by atoms with Crippen LogP contribution in [0.4, 0.5) is 0 Å². The van der Waals surface area contributed by atoms with E-state index in [9.17, 15) is 4.79 Å². The minimum Gasteiger partial charge on any atom is -0.394 e. The number of aliphatic hydroxyl groups is 1. The van der Waals surface area contributed by atoms with Gasteiger partial charge in [0.2, 0.25) is 5.91 Å². The molecule has 4 N–H and O–H groups in total. The third-order valence-electron chi connectivity index (χ3n) is 1.08. The first-order valence-corrected chi connectivity index (χ1v) is 3.24. The Bertz CT molecular complexity index is 114. The zero-order chi connectivity index (χ0) is 8.15. The van der Waals surface area contributed by atoms with Gasteiger partial charge in [-0.1, -0.05) is 0 Å². The quantitative estimate of drug-likeness (QED) is 0.469. The van der Waals surface area contributed by atoms with Crippen LogP contribution in [0.5, 0.6) is 0 Å². The van der Waals surface area contributed by atoms with Crippen LogP contribution >= 0.6 is 0 Å². The zero-order valence-electron chi connectivity index (χ0n) is 6.29. The van der Waals surface area contributed by atoms with Gasteiger partial charge >= 0.3 is 0 Å². The number of carbonyl (C=O) groups excluding carboxylic acids is 1. The van der Waals surface area contributed by atoms with Crippen molar-refractivity contribution < 1.29 is 9.90 Å². The van der Waals surface area contributed by atoms with Gasteiger partial charge in [-0.2, -0.15) is 0 Å². The van der Waals surface area contributed by atoms with Crippen LogP contribution < -0.4 is 11.1 Å². The SMILES string of the molecule is CC(N)C(=O)N[C@H](C)CO. The van der Waals surface area contributed by atoms with Gasteiger partial charge in [-0.3, -0.25) is 4.79 Å². The van der Waals surface area contributed by atoms with Crippen LogP contribution in [0.2, 0.25) is 0 Å². The second kappa shape index (κ2) is 4.24. The van der Waals surface area contributed by atoms with E-state index in [1.807, 2.05) is 0 Å². The van der Waals surface area contributed by atoms with Crippen LogP contribution in [0.1, 0.15) is 13.8 Å². The summed E-state index contributed by atoms with van der Waals surface area (Å²) < 4.78 is 0. The van der Waals surface area contributed by atoms with Crippen LogP contribution in [0.25, 0.3) is 0 Å². The van der Waals surface area contributed by atoms with Crippen LogP contribution in [-0.2, 0) is 4.79 Å². The summed E-state index contributed by atoms with van der Waals surface area (Å²) in [6, 6.07) is -0.715. The Hall–Kier alpha value is -0.610. The predicted octanol–water partition coefficient (Wildman–Crippen LogP) is -1.17. The molecule has 4 heteroatoms. The Kier molecular flexibility index (Phi) is 3.99. The average Bonchev–Trinajstić information content (AvgIpc) is 1.87. The Morgan fingerprint density at radius 1 is 1.70 bits per heavy atom. The lowest BCUT2D eigenvalue weighted by atomic mass is 10.3. The van der Waals surface area contributed by atoms with Crippen molar-refractivity contribution in [1.29, 1.82) is 0 Å². The fourth-order valence-electron chi connectivity index (χ4n) is 0.420. The van der Waals surface area contributed by atoms with E-state index in [4.69, 9.17) is 10.8 Å². The van der Waals surface area contributed by atoms with E-state index >= 15 is 0 Å². The number of rotatable bonds is 3. The highest BCUT2D eigenvalue weighted by Gasteiger charge is 2.09. The summed E-state index contributed by atoms with van der Waals surface area (Å²) in [5.41, 5.74) is 5.25. The van der Waals surface area contributed by atoms with E-state index in [1.54, 1.807) is 13.8 Å². The molecule has 1 unspecified atom stereocenters. The van der Waals surface area contributed by atoms with Gasteiger partial charge in [0.15, 0.2) is 0 Å². The monoisotopic (exact) mass is 146 g/mol. The smallest absolute Gasteiger partial charge is 0.236 e. The molecule has 0 heterocycles. The lowest BCUT2D eigenvalue weighted by molar-refractivity contribution is -0.122. The van der Waals surface area contributed by atoms with E-state index in [1.165, 1.54) is 0 Å². The summed E-state index contributed by atoms with van der Waals surface area (Å²) in [5.74, 6) is -0.235. The van der Waals surface area contributed by atoms with Gasteiger partial charge in [0.05, 0.1) is 12.6 Å². The largest absolute Gasteiger partial charge is 0.394 e. The maximum Gasteiger partial charge on any atom is 0.236 e. The Balaban J connectivity index is 3.57. The molecule has 0 saturated heterocycles. The highest BCUT2D eigenvalue weighted by molar-refractivity contribution is 5.81. The standard InChI is InChI=1S/C6H14N2O2/c1-4(3-9)8-6(10)5(2)7/h4-5,9H,3,7H2,1-2H3,(H,8,10)/t4-,5?/m1/s1. The maximum atomic E-state index is 10.8. The number of aliphatic hydroxyl groups excluding tert-OH is 1. The number of hydrogen-bond donors (Lipinski definition) is 3. The molecule has 0 saturated carbocycles. The number of hydrogen-bond acceptors (Lipinski definition) is 3. The molecule has 10 heavy (non-hydrogen) atoms. The fourth-order valence-corrected chi connectivity index (χ4v) is 0.420. The first-order valence-electron chi connectivity index (χ1n) is 3.24. The highest BCUT2D eigenvalue weighted by Crippen LogP contribution is 1.80. The molecule has 1 amide bonds. The second-order valence-corrected chi connectivity index (χ2v) is 2.38. The van der Waals surface area contributed by atoms with Crippen molar-refractivity contribution in [2.24, 2.45) is 5.73 Å². The van der Waals surface area contributed by atoms with Gasteiger partial charge < -0.3 is 16.2 Å². The minimum atomic E-state index is -0.506. The van der Waals surface area contributed by atoms with E-state index in [2.05, 4.69) is 5.32 Å². The van der Waals surface area contributed by atoms with Crippen molar-refractivity contribution in [2.45, 2.75) is 25.9 Å². The molecule has 0 aromatic heterocycles. The van der Waals surface area contributed by atoms with Crippen LogP contribution in [0, 0.1) is 0 Å². The zero-order valence-corrected chi connectivity index (χ0v) is 6.29. The van der Waals surface area contributed by atoms with E-state index in [0.717, 1.165) is 0 Å². The van der Waals surface area contributed by atoms with Crippen molar-refractivity contribution in [3.63, 3.8) is 0 Å². The van der Waals surface area contributed by atoms with Gasteiger partial charge in [-0.15, -0.1) is 0 Å². The molecule has 0 bridgehead atoms. The average molecular weight is 146 g/mol. The topological polar surface area (TPSA) is 75.4 Å². The summed E-state index contributed by atoms with van der Waals surface area (Å²) in [5, 5.41) is 11.0. The normalized spacial score (nSPS) is 16.0. The summed E-state index contributed by atoms with van der Waals surface area (Å²) >= 11 is 0. The molecule has 0 radical (unpaired) electrons. The summed E-state index contributed by atoms with van der Waals surface area (Å²) in [6.45, 7) is 3.25. The van der Waals surface area contributed by atoms with Crippen molar-refractivity contribution in [2.75, 3.05) is 6.61 Å². The van der Waals surface area contributed by atoms with Gasteiger partial charge in [0.1, 0.15) is 0 Å². The van der Waals surface area contributed by atoms with E-state index in [-0.39, 0.29) is 18.6 Å². The lowest BCUT2D eigenvalue weighted by Gasteiger charge is -2.12. The van der Waals surface area contributed by atoms with Crippen LogP contribution in [0.15, 0.2) is 0 Å². The first kappa shape index (κ1) is 9.39. The van der Waals surface area contributed by atoms with E-state index in [0.29, 0.717) is 0 Å². The third kappa shape index (κ3) is 3.42. The molecule has 0 aliphatic heterocycles. The molecule has 4 nitrogen and oxygen atoms in total. The van der Waals surface area contributed by atoms with Gasteiger partial charge in [-0.05, 0) is 13.8 Å². The van der Waals surface area contributed by atoms with E-state index < -0.39 is 6.04 Å². The molecular formula is C6H14N2O2. The summed E-state index contributed by atoms with van der Waals surface area (Å²) in [6.07, 6.45) is 0. The Morgan fingerprint density at radius 2 is 2.20 bits per heavy atom. The number of nitrogens with one attached hydrogen (secondary N) is 1. The van der Waals surface area contributed by atoms with Crippen LogP contribution in [-0.4, -0.2) is 29.7 Å². The van der Waals surface area contributed by atoms with Crippen LogP contribution in [0.3, 0.4) is 0 Å².